The lowest BCUT2D eigenvalue weighted by atomic mass is 10.0. The molecule has 0 spiro atoms. The van der Waals surface area contributed by atoms with Crippen LogP contribution in [-0.2, 0) is 40.0 Å². The van der Waals surface area contributed by atoms with Gasteiger partial charge in [-0.25, -0.2) is 0 Å². The van der Waals surface area contributed by atoms with E-state index in [1.807, 2.05) is 6.26 Å². The number of nitrogens with two attached hydrogens (primary N) is 3. The fourth-order valence-corrected chi connectivity index (χ4v) is 7.59. The van der Waals surface area contributed by atoms with Gasteiger partial charge in [0, 0.05) is 19.9 Å². The van der Waals surface area contributed by atoms with Crippen LogP contribution in [0, 0.1) is 0 Å². The van der Waals surface area contributed by atoms with E-state index in [1.165, 1.54) is 95.2 Å². The molecule has 64 heavy (non-hydrogen) atoms. The van der Waals surface area contributed by atoms with E-state index in [-0.39, 0.29) is 31.4 Å². The molecule has 0 bridgehead atoms. The average Bonchev–Trinajstić information content (AvgIpc) is 3.27. The van der Waals surface area contributed by atoms with Crippen LogP contribution >= 0.6 is 11.8 Å². The molecule has 0 aliphatic carbocycles. The Morgan fingerprint density at radius 2 is 1.11 bits per heavy atom. The quantitative estimate of drug-likeness (QED) is 0.0430. The fraction of sp³-hybridized carbons (Fsp3) is 0.717. The average molecular weight is 920 g/mol. The highest BCUT2D eigenvalue weighted by molar-refractivity contribution is 7.98. The molecular formula is C46H81N9O8S. The number of primary amides is 1. The second kappa shape index (κ2) is 35.9. The molecule has 0 aliphatic rings. The number of carbonyl (C=O) groups is 7. The van der Waals surface area contributed by atoms with Gasteiger partial charge in [0.25, 0.3) is 0 Å². The maximum Gasteiger partial charge on any atom is 0.243 e. The Hall–Kier alpha value is -4.42. The maximum absolute atomic E-state index is 13.8. The third-order valence-electron chi connectivity index (χ3n) is 11.0. The summed E-state index contributed by atoms with van der Waals surface area (Å²) in [6.07, 6.45) is 20.6. The van der Waals surface area contributed by atoms with Gasteiger partial charge in [-0.05, 0) is 74.8 Å². The number of amides is 7. The van der Waals surface area contributed by atoms with Crippen LogP contribution in [0.3, 0.4) is 0 Å². The van der Waals surface area contributed by atoms with Gasteiger partial charge in [0.2, 0.25) is 41.4 Å². The highest BCUT2D eigenvalue weighted by atomic mass is 32.2. The van der Waals surface area contributed by atoms with Crippen LogP contribution in [0.15, 0.2) is 24.3 Å². The lowest BCUT2D eigenvalue weighted by Crippen LogP contribution is -2.58. The zero-order valence-electron chi connectivity index (χ0n) is 38.8. The first kappa shape index (κ1) is 57.6. The topological polar surface area (TPSA) is 290 Å². The van der Waals surface area contributed by atoms with E-state index in [9.17, 15) is 38.7 Å². The van der Waals surface area contributed by atoms with Crippen molar-refractivity contribution in [2.45, 2.75) is 178 Å². The Bertz CT molecular complexity index is 1520. The number of hydrogen-bond acceptors (Lipinski definition) is 11. The van der Waals surface area contributed by atoms with E-state index < -0.39 is 78.1 Å². The monoisotopic (exact) mass is 920 g/mol. The first-order valence-electron chi connectivity index (χ1n) is 23.5. The van der Waals surface area contributed by atoms with Crippen molar-refractivity contribution in [2.75, 3.05) is 32.1 Å². The molecule has 5 atom stereocenters. The third-order valence-corrected chi connectivity index (χ3v) is 11.7. The lowest BCUT2D eigenvalue weighted by molar-refractivity contribution is -0.134. The maximum atomic E-state index is 13.8. The zero-order chi connectivity index (χ0) is 47.5. The number of rotatable bonds is 38. The predicted molar refractivity (Wildman–Crippen MR) is 254 cm³/mol. The molecule has 0 aromatic heterocycles. The molecular weight excluding hydrogens is 839 g/mol. The highest BCUT2D eigenvalue weighted by Crippen LogP contribution is 2.15. The van der Waals surface area contributed by atoms with Crippen molar-refractivity contribution in [1.82, 2.24) is 31.9 Å². The summed E-state index contributed by atoms with van der Waals surface area (Å²) in [5.41, 5.74) is 17.8. The van der Waals surface area contributed by atoms with Gasteiger partial charge in [0.1, 0.15) is 29.9 Å². The molecule has 364 valence electrons. The molecule has 7 amide bonds. The number of likely N-dealkylation sites (N-methyl/N-ethyl adjacent to an activating group) is 1. The standard InChI is InChI=1S/C46H81N9O8S/c1-4-5-6-7-8-9-10-11-12-13-14-15-16-17-20-35(48)42(59)53-38(28-30-64-3)44(61)51-32-41(58)52-39(31-33-22-24-34(56)25-23-33)46(63)55-37(26-27-40(49)57)45(62)54-36(43(60)50-2)21-18-19-29-47/h22-25,35-39,56H,4-21,26-32,47-48H2,1-3H3,(H2,49,57)(H,50,60)(H,51,61)(H,52,58)(H,53,59)(H,54,62)(H,55,63)/t35?,36-,37-,38-,39-/m0/s1. The molecule has 0 fully saturated rings. The van der Waals surface area contributed by atoms with E-state index >= 15 is 0 Å². The highest BCUT2D eigenvalue weighted by Gasteiger charge is 2.30. The van der Waals surface area contributed by atoms with Crippen LogP contribution in [0.5, 0.6) is 5.75 Å². The van der Waals surface area contributed by atoms with Crippen molar-refractivity contribution in [3.05, 3.63) is 29.8 Å². The van der Waals surface area contributed by atoms with E-state index in [0.29, 0.717) is 43.5 Å². The number of carbonyl (C=O) groups excluding carboxylic acids is 7. The fourth-order valence-electron chi connectivity index (χ4n) is 7.12. The minimum atomic E-state index is -1.32. The smallest absolute Gasteiger partial charge is 0.243 e. The van der Waals surface area contributed by atoms with Gasteiger partial charge in [0.05, 0.1) is 12.6 Å². The Morgan fingerprint density at radius 3 is 1.64 bits per heavy atom. The first-order valence-corrected chi connectivity index (χ1v) is 24.9. The van der Waals surface area contributed by atoms with E-state index in [4.69, 9.17) is 17.2 Å². The molecule has 1 aromatic carbocycles. The molecule has 0 heterocycles. The number of unbranched alkanes of at least 4 members (excludes halogenated alkanes) is 14. The summed E-state index contributed by atoms with van der Waals surface area (Å²) in [5.74, 6) is -3.96. The summed E-state index contributed by atoms with van der Waals surface area (Å²) in [7, 11) is 1.42. The van der Waals surface area contributed by atoms with Gasteiger partial charge in [0.15, 0.2) is 0 Å². The summed E-state index contributed by atoms with van der Waals surface area (Å²) >= 11 is 1.49. The molecule has 0 saturated carbocycles. The van der Waals surface area contributed by atoms with Gasteiger partial charge >= 0.3 is 0 Å². The van der Waals surface area contributed by atoms with Crippen molar-refractivity contribution in [2.24, 2.45) is 17.2 Å². The Labute approximate surface area is 385 Å². The van der Waals surface area contributed by atoms with Crippen molar-refractivity contribution in [3.63, 3.8) is 0 Å². The van der Waals surface area contributed by atoms with Crippen molar-refractivity contribution >= 4 is 53.1 Å². The molecule has 18 heteroatoms. The molecule has 17 nitrogen and oxygen atoms in total. The normalized spacial score (nSPS) is 13.4. The number of benzene rings is 1. The number of thioether (sulfide) groups is 1. The second-order valence-electron chi connectivity index (χ2n) is 16.6. The lowest BCUT2D eigenvalue weighted by Gasteiger charge is -2.25. The van der Waals surface area contributed by atoms with Gasteiger partial charge < -0.3 is 54.2 Å². The van der Waals surface area contributed by atoms with Gasteiger partial charge in [-0.15, -0.1) is 0 Å². The van der Waals surface area contributed by atoms with Crippen LogP contribution < -0.4 is 49.1 Å². The Kier molecular flexibility index (Phi) is 32.3. The number of hydrogen-bond donors (Lipinski definition) is 10. The van der Waals surface area contributed by atoms with Gasteiger partial charge in [-0.3, -0.25) is 33.6 Å². The van der Waals surface area contributed by atoms with E-state index in [1.54, 1.807) is 12.1 Å². The predicted octanol–water partition coefficient (Wildman–Crippen LogP) is 3.08. The molecule has 0 saturated heterocycles. The first-order chi connectivity index (χ1) is 30.8. The van der Waals surface area contributed by atoms with Crippen molar-refractivity contribution in [3.8, 4) is 5.75 Å². The largest absolute Gasteiger partial charge is 0.508 e. The van der Waals surface area contributed by atoms with Crippen LogP contribution in [-0.4, -0.2) is 109 Å². The van der Waals surface area contributed by atoms with E-state index in [2.05, 4.69) is 38.8 Å². The van der Waals surface area contributed by atoms with Crippen molar-refractivity contribution < 1.29 is 38.7 Å². The van der Waals surface area contributed by atoms with Gasteiger partial charge in [-0.1, -0.05) is 109 Å². The summed E-state index contributed by atoms with van der Waals surface area (Å²) in [5, 5.41) is 25.5. The van der Waals surface area contributed by atoms with Crippen LogP contribution in [0.25, 0.3) is 0 Å². The Balaban J connectivity index is 2.86. The minimum absolute atomic E-state index is 0.0179. The summed E-state index contributed by atoms with van der Waals surface area (Å²) in [6, 6.07) is 0.635. The van der Waals surface area contributed by atoms with Crippen LogP contribution in [0.4, 0.5) is 0 Å². The SMILES string of the molecule is CCCCCCCCCCCCCCCCC(N)C(=O)N[C@@H](CCSC)C(=O)NCC(=O)N[C@@H](Cc1ccc(O)cc1)C(=O)N[C@@H](CCC(N)=O)C(=O)N[C@@H](CCCCN)C(=O)NC. The summed E-state index contributed by atoms with van der Waals surface area (Å²) in [6.45, 7) is 2.09. The number of phenolic OH excluding ortho intramolecular Hbond substituents is 1. The molecule has 0 radical (unpaired) electrons. The zero-order valence-corrected chi connectivity index (χ0v) is 39.6. The van der Waals surface area contributed by atoms with Crippen LogP contribution in [0.1, 0.15) is 147 Å². The molecule has 0 aliphatic heterocycles. The van der Waals surface area contributed by atoms with Gasteiger partial charge in [-0.2, -0.15) is 11.8 Å². The number of aromatic hydroxyl groups is 1. The molecule has 1 rings (SSSR count). The second-order valence-corrected chi connectivity index (χ2v) is 17.6. The third kappa shape index (κ3) is 27.0. The van der Waals surface area contributed by atoms with E-state index in [0.717, 1.165) is 25.7 Å². The minimum Gasteiger partial charge on any atom is -0.508 e. The number of nitrogens with one attached hydrogen (secondary N) is 6. The Morgan fingerprint density at radius 1 is 0.609 bits per heavy atom. The summed E-state index contributed by atoms with van der Waals surface area (Å²) in [4.78, 5) is 91.5. The summed E-state index contributed by atoms with van der Waals surface area (Å²) < 4.78 is 0. The number of phenols is 1. The van der Waals surface area contributed by atoms with Crippen molar-refractivity contribution in [1.29, 1.82) is 0 Å². The molecule has 1 aromatic rings. The van der Waals surface area contributed by atoms with Crippen LogP contribution in [0.2, 0.25) is 0 Å². The molecule has 1 unspecified atom stereocenters. The molecule has 13 N–H and O–H groups in total.